The third kappa shape index (κ3) is 40.2. The van der Waals surface area contributed by atoms with Crippen molar-refractivity contribution < 1.29 is 87.5 Å². The molecule has 2 aliphatic rings. The van der Waals surface area contributed by atoms with Gasteiger partial charge in [-0.15, -0.1) is 0 Å². The second-order valence-corrected chi connectivity index (χ2v) is 28.1. The molecule has 2 saturated heterocycles. The number of hydrogen-bond donors (Lipinski definition) is 9. The number of aliphatic hydroxyl groups excluding tert-OH is 6. The molecule has 0 spiro atoms. The summed E-state index contributed by atoms with van der Waals surface area (Å²) < 4.78 is 48.9. The first-order valence-electron chi connectivity index (χ1n) is 36.3. The van der Waals surface area contributed by atoms with Crippen molar-refractivity contribution in [3.8, 4) is 0 Å². The van der Waals surface area contributed by atoms with E-state index in [1.54, 1.807) is 0 Å². The minimum atomic E-state index is -4.49. The van der Waals surface area contributed by atoms with E-state index in [2.05, 4.69) is 38.3 Å². The van der Waals surface area contributed by atoms with Crippen molar-refractivity contribution in [3.63, 3.8) is 0 Å². The van der Waals surface area contributed by atoms with Crippen LogP contribution in [0.25, 0.3) is 0 Å². The molecular formula is C69H131N2O18P. The van der Waals surface area contributed by atoms with Crippen molar-refractivity contribution in [2.75, 3.05) is 19.9 Å². The Morgan fingerprint density at radius 1 is 0.478 bits per heavy atom. The van der Waals surface area contributed by atoms with Gasteiger partial charge >= 0.3 is 19.5 Å². The summed E-state index contributed by atoms with van der Waals surface area (Å²) in [5, 5.41) is 71.7. The van der Waals surface area contributed by atoms with Gasteiger partial charge in [-0.05, 0) is 32.1 Å². The lowest BCUT2D eigenvalue weighted by atomic mass is 9.95. The minimum absolute atomic E-state index is 0.177. The van der Waals surface area contributed by atoms with Gasteiger partial charge in [0.05, 0.1) is 44.7 Å². The highest BCUT2D eigenvalue weighted by atomic mass is 31.2. The second kappa shape index (κ2) is 52.9. The third-order valence-electron chi connectivity index (χ3n) is 17.6. The number of ether oxygens (including phenoxy) is 5. The number of aliphatic hydroxyl groups is 6. The Bertz CT molecular complexity index is 1850. The van der Waals surface area contributed by atoms with Gasteiger partial charge in [0.1, 0.15) is 48.7 Å². The van der Waals surface area contributed by atoms with Gasteiger partial charge in [-0.3, -0.25) is 28.3 Å². The molecule has 21 heteroatoms. The maximum atomic E-state index is 14.6. The molecule has 2 heterocycles. The van der Waals surface area contributed by atoms with Gasteiger partial charge in [0.2, 0.25) is 11.8 Å². The Kier molecular flexibility index (Phi) is 49.2. The fourth-order valence-corrected chi connectivity index (χ4v) is 12.9. The molecule has 0 radical (unpaired) electrons. The van der Waals surface area contributed by atoms with Crippen LogP contribution in [0.4, 0.5) is 0 Å². The van der Waals surface area contributed by atoms with Gasteiger partial charge in [0, 0.05) is 13.1 Å². The van der Waals surface area contributed by atoms with Crippen LogP contribution in [-0.2, 0) is 52.0 Å². The molecule has 0 bridgehead atoms. The molecule has 0 saturated carbocycles. The molecule has 90 heavy (non-hydrogen) atoms. The Balaban J connectivity index is 2.36. The maximum Gasteiger partial charge on any atom is 0.325 e. The summed E-state index contributed by atoms with van der Waals surface area (Å²) in [6, 6.07) is -3.13. The minimum Gasteiger partial charge on any atom is -0.462 e. The number of amides is 2. The van der Waals surface area contributed by atoms with Crippen LogP contribution in [0, 0.1) is 0 Å². The van der Waals surface area contributed by atoms with Crippen molar-refractivity contribution in [1.29, 1.82) is 0 Å². The van der Waals surface area contributed by atoms with E-state index in [1.807, 2.05) is 0 Å². The topological polar surface area (TPSA) is 306 Å². The molecular weight excluding hydrogens is 1180 g/mol. The first-order chi connectivity index (χ1) is 43.4. The molecule has 2 aliphatic heterocycles. The quantitative estimate of drug-likeness (QED) is 0.0155. The molecule has 9 N–H and O–H groups in total. The first-order valence-corrected chi connectivity index (χ1v) is 38.3. The number of unbranched alkanes of at least 4 members (excludes halogenated alkanes) is 34. The highest BCUT2D eigenvalue weighted by Gasteiger charge is 2.53. The monoisotopic (exact) mass is 1310 g/mol. The molecule has 2 amide bonds. The van der Waals surface area contributed by atoms with Crippen molar-refractivity contribution in [2.45, 2.75) is 396 Å². The van der Waals surface area contributed by atoms with Crippen LogP contribution in [0.5, 0.6) is 0 Å². The highest BCUT2D eigenvalue weighted by molar-refractivity contribution is 7.51. The normalized spacial score (nSPS) is 23.6. The standard InChI is InChI=1S/C69H131N2O18P/c1-6-10-14-18-22-26-27-31-35-39-43-47-60(77)85-55(46-42-38-34-30-25-21-17-13-9-4)50-59(76)71-63-67(88-61(78)49-54(74)45-41-37-33-29-24-20-16-12-8-3)66(89-90(5,82)83)56(51-72)87-69(63)84-52-57-64(79)65(80)62(68(81)86-57)70-58(75)48-53(73)44-40-36-32-28-23-19-15-11-7-2/h53-57,62-69,72-74,79-81H,6-52H2,1-5H3,(H,70,75)(H,71,76)(H,82,83)/t53-,54-,55-,56?,57?,62?,63+,64-,65-,66-,67?,68+,69-/m1/s1. The molecule has 530 valence electrons. The van der Waals surface area contributed by atoms with Gasteiger partial charge in [-0.1, -0.05) is 259 Å². The summed E-state index contributed by atoms with van der Waals surface area (Å²) >= 11 is 0. The van der Waals surface area contributed by atoms with E-state index < -0.39 is 131 Å². The number of hydrogen-bond acceptors (Lipinski definition) is 17. The van der Waals surface area contributed by atoms with E-state index in [0.29, 0.717) is 32.1 Å². The zero-order chi connectivity index (χ0) is 66.2. The summed E-state index contributed by atoms with van der Waals surface area (Å²) in [4.78, 5) is 65.8. The summed E-state index contributed by atoms with van der Waals surface area (Å²) in [7, 11) is -4.49. The molecule has 20 nitrogen and oxygen atoms in total. The predicted molar refractivity (Wildman–Crippen MR) is 351 cm³/mol. The molecule has 0 aromatic carbocycles. The van der Waals surface area contributed by atoms with Crippen LogP contribution in [0.15, 0.2) is 0 Å². The lowest BCUT2D eigenvalue weighted by molar-refractivity contribution is -0.297. The summed E-state index contributed by atoms with van der Waals surface area (Å²) in [6.45, 7) is 8.08. The number of esters is 2. The average Bonchev–Trinajstić information content (AvgIpc) is 0.883. The van der Waals surface area contributed by atoms with Gasteiger partial charge in [0.15, 0.2) is 18.7 Å². The van der Waals surface area contributed by atoms with Crippen LogP contribution in [-0.4, -0.2) is 159 Å². The van der Waals surface area contributed by atoms with Crippen molar-refractivity contribution in [2.24, 2.45) is 0 Å². The van der Waals surface area contributed by atoms with E-state index in [4.69, 9.17) is 28.2 Å². The van der Waals surface area contributed by atoms with Gasteiger partial charge in [0.25, 0.3) is 0 Å². The SMILES string of the molecule is CCCCCCCCCCCCCC(=O)O[C@H](CCCCCCCCCCC)CC(=O)N[C@H]1C(OC(=O)C[C@H](O)CCCCCCCCCCC)[C@H](OP(C)(=O)O)C(CO)O[C@H]1OCC1O[C@H](O)C(NC(=O)C[C@H](O)CCCCCCCCCCC)[C@@H](O)[C@@H]1O. The Labute approximate surface area is 543 Å². The van der Waals surface area contributed by atoms with Crippen LogP contribution in [0.2, 0.25) is 0 Å². The summed E-state index contributed by atoms with van der Waals surface area (Å²) in [6.07, 6.45) is 24.3. The number of rotatable bonds is 58. The summed E-state index contributed by atoms with van der Waals surface area (Å²) in [5.74, 6) is -2.79. The van der Waals surface area contributed by atoms with Crippen LogP contribution < -0.4 is 10.6 Å². The Morgan fingerprint density at radius 2 is 0.878 bits per heavy atom. The lowest BCUT2D eigenvalue weighted by Crippen LogP contribution is -2.67. The van der Waals surface area contributed by atoms with E-state index in [1.165, 1.54) is 116 Å². The fourth-order valence-electron chi connectivity index (χ4n) is 12.2. The predicted octanol–water partition coefficient (Wildman–Crippen LogP) is 12.5. The smallest absolute Gasteiger partial charge is 0.325 e. The third-order valence-corrected chi connectivity index (χ3v) is 18.3. The number of carbonyl (C=O) groups is 4. The largest absolute Gasteiger partial charge is 0.462 e. The second-order valence-electron chi connectivity index (χ2n) is 26.3. The molecule has 14 atom stereocenters. The molecule has 0 aromatic rings. The zero-order valence-electron chi connectivity index (χ0n) is 56.8. The molecule has 0 aromatic heterocycles. The number of nitrogens with one attached hydrogen (secondary N) is 2. The molecule has 2 fully saturated rings. The molecule has 2 rings (SSSR count). The van der Waals surface area contributed by atoms with Gasteiger partial charge in [-0.25, -0.2) is 0 Å². The van der Waals surface area contributed by atoms with Gasteiger partial charge in [-0.2, -0.15) is 0 Å². The maximum absolute atomic E-state index is 14.6. The van der Waals surface area contributed by atoms with Crippen LogP contribution in [0.1, 0.15) is 317 Å². The van der Waals surface area contributed by atoms with E-state index in [-0.39, 0.29) is 25.7 Å². The van der Waals surface area contributed by atoms with Gasteiger partial charge < -0.3 is 69.9 Å². The van der Waals surface area contributed by atoms with Crippen LogP contribution >= 0.6 is 7.60 Å². The Hall–Kier alpha value is -2.33. The van der Waals surface area contributed by atoms with E-state index in [9.17, 15) is 59.3 Å². The van der Waals surface area contributed by atoms with Crippen molar-refractivity contribution in [3.05, 3.63) is 0 Å². The van der Waals surface area contributed by atoms with E-state index >= 15 is 0 Å². The van der Waals surface area contributed by atoms with Crippen molar-refractivity contribution >= 4 is 31.3 Å². The van der Waals surface area contributed by atoms with Crippen molar-refractivity contribution in [1.82, 2.24) is 10.6 Å². The zero-order valence-corrected chi connectivity index (χ0v) is 57.7. The fraction of sp³-hybridized carbons (Fsp3) is 0.942. The molecule has 5 unspecified atom stereocenters. The molecule has 0 aliphatic carbocycles. The first kappa shape index (κ1) is 83.8. The highest BCUT2D eigenvalue weighted by Crippen LogP contribution is 2.43. The lowest BCUT2D eigenvalue weighted by Gasteiger charge is -2.46. The number of carbonyl (C=O) groups excluding carboxylic acids is 4. The average molecular weight is 1310 g/mol. The van der Waals surface area contributed by atoms with Crippen LogP contribution in [0.3, 0.4) is 0 Å². The van der Waals surface area contributed by atoms with E-state index in [0.717, 1.165) is 116 Å². The summed E-state index contributed by atoms with van der Waals surface area (Å²) in [5.41, 5.74) is 0. The Morgan fingerprint density at radius 3 is 1.32 bits per heavy atom.